The molecule has 1 aliphatic carbocycles. The number of nitroso groups, excluding NO2 is 1. The first kappa shape index (κ1) is 35.1. The van der Waals surface area contributed by atoms with E-state index in [0.29, 0.717) is 66.9 Å². The van der Waals surface area contributed by atoms with Crippen LogP contribution in [0.25, 0.3) is 0 Å². The number of hydrogen-bond donors (Lipinski definition) is 5. The number of halogens is 4. The van der Waals surface area contributed by atoms with E-state index in [4.69, 9.17) is 20.0 Å². The smallest absolute Gasteiger partial charge is 0.269 e. The molecule has 242 valence electrons. The monoisotopic (exact) mass is 879 g/mol. The third kappa shape index (κ3) is 8.52. The molecule has 3 atom stereocenters. The fraction of sp³-hybridized carbons (Fsp3) is 0.407. The summed E-state index contributed by atoms with van der Waals surface area (Å²) in [6, 6.07) is 2.39. The zero-order valence-electron chi connectivity index (χ0n) is 23.7. The van der Waals surface area contributed by atoms with E-state index in [2.05, 4.69) is 94.7 Å². The van der Waals surface area contributed by atoms with Gasteiger partial charge in [-0.25, -0.2) is 4.98 Å². The fourth-order valence-electron chi connectivity index (χ4n) is 4.58. The number of nitrogens with two attached hydrogens (primary N) is 1. The molecule has 2 amide bonds. The van der Waals surface area contributed by atoms with Crippen molar-refractivity contribution in [3.63, 3.8) is 0 Å². The Hall–Kier alpha value is -2.80. The number of carbonyl (C=O) groups is 2. The number of H-pyrrole nitrogens is 1. The standard InChI is InChI=1S/C27H29Br4N7O7/c1-43-22-17(30)10-27(23(39)20(22)31)11-19(38-45-27)25(41)33-4-2-6-44-21-15(28)7-13(8-16(21)29)9-18(37-42)24(40)34-5-3-14-12-35-26(32)36-14/h7-8,10,12,18,23,39H,2-6,9,11H2,1H3,(H,33,41)(H,34,40)(H3,32,35,36)/t18?,23-,27+/m1/s1. The Morgan fingerprint density at radius 3 is 2.62 bits per heavy atom. The fourth-order valence-corrected chi connectivity index (χ4v) is 7.88. The van der Waals surface area contributed by atoms with Crippen LogP contribution < -0.4 is 21.1 Å². The van der Waals surface area contributed by atoms with Crippen LogP contribution in [-0.2, 0) is 32.0 Å². The molecule has 0 saturated heterocycles. The van der Waals surface area contributed by atoms with Gasteiger partial charge >= 0.3 is 0 Å². The topological polar surface area (TPSA) is 203 Å². The molecule has 2 heterocycles. The van der Waals surface area contributed by atoms with Crippen LogP contribution in [0.4, 0.5) is 5.95 Å². The molecule has 18 heteroatoms. The molecule has 2 aromatic rings. The number of ether oxygens (including phenoxy) is 2. The van der Waals surface area contributed by atoms with Gasteiger partial charge in [-0.3, -0.25) is 9.59 Å². The first-order valence-corrected chi connectivity index (χ1v) is 16.7. The summed E-state index contributed by atoms with van der Waals surface area (Å²) in [7, 11) is 1.48. The molecule has 1 unspecified atom stereocenters. The van der Waals surface area contributed by atoms with E-state index in [-0.39, 0.29) is 25.2 Å². The number of anilines is 1. The summed E-state index contributed by atoms with van der Waals surface area (Å²) in [5, 5.41) is 23.2. The molecule has 0 saturated carbocycles. The van der Waals surface area contributed by atoms with Crippen molar-refractivity contribution in [1.29, 1.82) is 0 Å². The number of hydrogen-bond acceptors (Lipinski definition) is 11. The molecule has 4 rings (SSSR count). The number of aromatic amines is 1. The Labute approximate surface area is 291 Å². The number of rotatable bonds is 14. The van der Waals surface area contributed by atoms with Crippen molar-refractivity contribution in [2.24, 2.45) is 10.3 Å². The number of aromatic nitrogens is 2. The SMILES string of the molecule is COC1=C(Br)[C@@H](O)[C@]2(C=C1Br)CC(C(=O)NCCCOc1c(Br)cc(CC(N=O)C(=O)NCCc3cnc(N)[nH]3)cc1Br)=NO2. The molecule has 0 radical (unpaired) electrons. The zero-order valence-corrected chi connectivity index (χ0v) is 30.1. The number of allylic oxidation sites excluding steroid dienone is 1. The molecule has 14 nitrogen and oxygen atoms in total. The Balaban J connectivity index is 1.21. The maximum atomic E-state index is 12.7. The van der Waals surface area contributed by atoms with Crippen molar-refractivity contribution < 1.29 is 29.0 Å². The molecule has 1 aliphatic heterocycles. The van der Waals surface area contributed by atoms with Gasteiger partial charge in [-0.1, -0.05) is 10.3 Å². The van der Waals surface area contributed by atoms with Crippen LogP contribution in [0, 0.1) is 4.91 Å². The number of aliphatic hydroxyl groups excluding tert-OH is 1. The van der Waals surface area contributed by atoms with Gasteiger partial charge in [-0.15, -0.1) is 4.91 Å². The lowest BCUT2D eigenvalue weighted by Crippen LogP contribution is -2.45. The van der Waals surface area contributed by atoms with Crippen molar-refractivity contribution in [3.05, 3.63) is 64.2 Å². The van der Waals surface area contributed by atoms with E-state index >= 15 is 0 Å². The normalized spacial score (nSPS) is 19.8. The van der Waals surface area contributed by atoms with Crippen LogP contribution in [-0.4, -0.2) is 77.2 Å². The van der Waals surface area contributed by atoms with E-state index in [1.54, 1.807) is 24.4 Å². The van der Waals surface area contributed by atoms with Gasteiger partial charge in [-0.05, 0) is 93.9 Å². The van der Waals surface area contributed by atoms with Crippen LogP contribution in [0.1, 0.15) is 24.1 Å². The van der Waals surface area contributed by atoms with Gasteiger partial charge in [0.05, 0.1) is 37.8 Å². The van der Waals surface area contributed by atoms with Gasteiger partial charge in [0.25, 0.3) is 5.91 Å². The second kappa shape index (κ2) is 15.7. The molecule has 1 aromatic heterocycles. The summed E-state index contributed by atoms with van der Waals surface area (Å²) < 4.78 is 13.4. The van der Waals surface area contributed by atoms with E-state index in [1.807, 2.05) is 0 Å². The van der Waals surface area contributed by atoms with Crippen LogP contribution >= 0.6 is 63.7 Å². The predicted molar refractivity (Wildman–Crippen MR) is 180 cm³/mol. The van der Waals surface area contributed by atoms with Crippen molar-refractivity contribution in [2.45, 2.75) is 43.4 Å². The van der Waals surface area contributed by atoms with Crippen molar-refractivity contribution >= 4 is 87.2 Å². The largest absolute Gasteiger partial charge is 0.495 e. The third-order valence-corrected chi connectivity index (χ3v) is 9.42. The Morgan fingerprint density at radius 2 is 1.98 bits per heavy atom. The van der Waals surface area contributed by atoms with Crippen molar-refractivity contribution in [3.8, 4) is 5.75 Å². The molecule has 45 heavy (non-hydrogen) atoms. The summed E-state index contributed by atoms with van der Waals surface area (Å²) in [5.41, 5.74) is 5.92. The summed E-state index contributed by atoms with van der Waals surface area (Å²) in [6.45, 7) is 0.866. The van der Waals surface area contributed by atoms with Crippen LogP contribution in [0.3, 0.4) is 0 Å². The Morgan fingerprint density at radius 1 is 1.24 bits per heavy atom. The number of benzene rings is 1. The highest BCUT2D eigenvalue weighted by Gasteiger charge is 2.50. The minimum absolute atomic E-state index is 0.0623. The number of aliphatic hydroxyl groups is 1. The lowest BCUT2D eigenvalue weighted by Gasteiger charge is -2.33. The molecule has 2 aliphatic rings. The maximum Gasteiger partial charge on any atom is 0.269 e. The number of amides is 2. The molecular formula is C27H29Br4N7O7. The summed E-state index contributed by atoms with van der Waals surface area (Å²) >= 11 is 13.7. The first-order valence-electron chi connectivity index (χ1n) is 13.5. The summed E-state index contributed by atoms with van der Waals surface area (Å²) in [4.78, 5) is 49.0. The number of oxime groups is 1. The second-order valence-electron chi connectivity index (χ2n) is 10.0. The highest BCUT2D eigenvalue weighted by Crippen LogP contribution is 2.44. The molecule has 1 spiro atoms. The second-order valence-corrected chi connectivity index (χ2v) is 13.5. The van der Waals surface area contributed by atoms with E-state index in [1.165, 1.54) is 7.11 Å². The molecular weight excluding hydrogens is 854 g/mol. The van der Waals surface area contributed by atoms with Gasteiger partial charge in [0.1, 0.15) is 23.3 Å². The Bertz CT molecular complexity index is 1520. The lowest BCUT2D eigenvalue weighted by molar-refractivity contribution is -0.122. The lowest BCUT2D eigenvalue weighted by atomic mass is 9.87. The van der Waals surface area contributed by atoms with Crippen molar-refractivity contribution in [1.82, 2.24) is 20.6 Å². The highest BCUT2D eigenvalue weighted by molar-refractivity contribution is 9.12. The quantitative estimate of drug-likeness (QED) is 0.138. The van der Waals surface area contributed by atoms with E-state index in [9.17, 15) is 19.6 Å². The van der Waals surface area contributed by atoms with E-state index in [0.717, 1.165) is 5.69 Å². The van der Waals surface area contributed by atoms with Crippen LogP contribution in [0.15, 0.2) is 58.4 Å². The minimum Gasteiger partial charge on any atom is -0.495 e. The van der Waals surface area contributed by atoms with Crippen molar-refractivity contribution in [2.75, 3.05) is 32.5 Å². The number of methoxy groups -OCH3 is 1. The average molecular weight is 883 g/mol. The molecule has 6 N–H and O–H groups in total. The number of nitrogens with one attached hydrogen (secondary N) is 3. The minimum atomic E-state index is -1.23. The van der Waals surface area contributed by atoms with Gasteiger partial charge < -0.3 is 40.8 Å². The number of carbonyl (C=O) groups excluding carboxylic acids is 2. The van der Waals surface area contributed by atoms with Gasteiger partial charge in [0, 0.05) is 38.0 Å². The van der Waals surface area contributed by atoms with Gasteiger partial charge in [0.2, 0.25) is 5.91 Å². The summed E-state index contributed by atoms with van der Waals surface area (Å²) in [6.07, 6.45) is 3.21. The van der Waals surface area contributed by atoms with E-state index < -0.39 is 29.6 Å². The first-order chi connectivity index (χ1) is 21.5. The highest BCUT2D eigenvalue weighted by atomic mass is 79.9. The zero-order chi connectivity index (χ0) is 32.7. The average Bonchev–Trinajstić information content (AvgIpc) is 3.62. The molecule has 0 bridgehead atoms. The predicted octanol–water partition coefficient (Wildman–Crippen LogP) is 3.86. The molecule has 0 fully saturated rings. The van der Waals surface area contributed by atoms with Gasteiger partial charge in [-0.2, -0.15) is 0 Å². The van der Waals surface area contributed by atoms with Crippen LogP contribution in [0.5, 0.6) is 5.75 Å². The maximum absolute atomic E-state index is 12.7. The van der Waals surface area contributed by atoms with Gasteiger partial charge in [0.15, 0.2) is 17.6 Å². The number of nitrogen functional groups attached to an aromatic ring is 1. The molecule has 1 aromatic carbocycles. The Kier molecular flexibility index (Phi) is 12.2. The number of imidazole rings is 1. The van der Waals surface area contributed by atoms with Crippen LogP contribution in [0.2, 0.25) is 0 Å². The third-order valence-electron chi connectivity index (χ3n) is 6.86. The summed E-state index contributed by atoms with van der Waals surface area (Å²) in [5.74, 6) is 0.344. The number of nitrogens with zero attached hydrogens (tertiary/aromatic N) is 3.